The smallest absolute Gasteiger partial charge is 0.312 e. The molecule has 1 saturated carbocycles. The molecule has 90 valence electrons. The molecule has 5 nitrogen and oxygen atoms in total. The van der Waals surface area contributed by atoms with E-state index in [0.29, 0.717) is 25.9 Å². The standard InChI is InChI=1S/C11H17NO4/c1-15-6-5-8-3-4-9(10(13)16-2)11(8,14)7-12/h8-9,14H,3-6H2,1-2H3. The Kier molecular flexibility index (Phi) is 4.27. The van der Waals surface area contributed by atoms with Crippen molar-refractivity contribution in [2.45, 2.75) is 24.9 Å². The zero-order chi connectivity index (χ0) is 12.2. The number of nitriles is 1. The van der Waals surface area contributed by atoms with Crippen LogP contribution in [0.2, 0.25) is 0 Å². The first-order valence-electron chi connectivity index (χ1n) is 5.30. The number of esters is 1. The SMILES string of the molecule is COCCC1CCC(C(=O)OC)C1(O)C#N. The van der Waals surface area contributed by atoms with Crippen LogP contribution in [0.15, 0.2) is 0 Å². The molecule has 3 unspecified atom stereocenters. The summed E-state index contributed by atoms with van der Waals surface area (Å²) in [4.78, 5) is 11.4. The van der Waals surface area contributed by atoms with Crippen LogP contribution >= 0.6 is 0 Å². The van der Waals surface area contributed by atoms with Gasteiger partial charge in [0.15, 0.2) is 5.60 Å². The van der Waals surface area contributed by atoms with E-state index in [1.54, 1.807) is 7.11 Å². The van der Waals surface area contributed by atoms with Crippen LogP contribution in [0.25, 0.3) is 0 Å². The van der Waals surface area contributed by atoms with E-state index in [0.717, 1.165) is 0 Å². The number of hydrogen-bond donors (Lipinski definition) is 1. The molecule has 16 heavy (non-hydrogen) atoms. The summed E-state index contributed by atoms with van der Waals surface area (Å²) in [6.45, 7) is 0.475. The van der Waals surface area contributed by atoms with Crippen molar-refractivity contribution in [3.05, 3.63) is 0 Å². The second-order valence-corrected chi connectivity index (χ2v) is 4.07. The van der Waals surface area contributed by atoms with Crippen molar-refractivity contribution in [3.63, 3.8) is 0 Å². The van der Waals surface area contributed by atoms with E-state index in [1.165, 1.54) is 7.11 Å². The fourth-order valence-corrected chi connectivity index (χ4v) is 2.33. The number of methoxy groups -OCH3 is 2. The molecule has 1 N–H and O–H groups in total. The topological polar surface area (TPSA) is 79.6 Å². The molecule has 0 amide bonds. The van der Waals surface area contributed by atoms with Crippen LogP contribution in [-0.2, 0) is 14.3 Å². The molecule has 1 aliphatic carbocycles. The molecule has 0 spiro atoms. The summed E-state index contributed by atoms with van der Waals surface area (Å²) in [6, 6.07) is 1.86. The predicted molar refractivity (Wildman–Crippen MR) is 55.3 cm³/mol. The number of hydrogen-bond acceptors (Lipinski definition) is 5. The third kappa shape index (κ3) is 2.18. The minimum atomic E-state index is -1.61. The highest BCUT2D eigenvalue weighted by molar-refractivity contribution is 5.75. The lowest BCUT2D eigenvalue weighted by Crippen LogP contribution is -2.42. The maximum absolute atomic E-state index is 11.4. The van der Waals surface area contributed by atoms with Gasteiger partial charge in [0.05, 0.1) is 19.1 Å². The summed E-state index contributed by atoms with van der Waals surface area (Å²) in [7, 11) is 2.83. The van der Waals surface area contributed by atoms with Crippen molar-refractivity contribution < 1.29 is 19.4 Å². The zero-order valence-electron chi connectivity index (χ0n) is 9.60. The van der Waals surface area contributed by atoms with Crippen molar-refractivity contribution in [2.75, 3.05) is 20.8 Å². The monoisotopic (exact) mass is 227 g/mol. The average Bonchev–Trinajstić information content (AvgIpc) is 2.63. The number of nitrogens with zero attached hydrogens (tertiary/aromatic N) is 1. The minimum absolute atomic E-state index is 0.221. The first-order chi connectivity index (χ1) is 7.60. The first kappa shape index (κ1) is 12.9. The van der Waals surface area contributed by atoms with Crippen LogP contribution in [0, 0.1) is 23.2 Å². The number of carbonyl (C=O) groups excluding carboxylic acids is 1. The minimum Gasteiger partial charge on any atom is -0.469 e. The van der Waals surface area contributed by atoms with Gasteiger partial charge in [0.2, 0.25) is 0 Å². The predicted octanol–water partition coefficient (Wildman–Crippen LogP) is 0.477. The molecule has 0 aromatic rings. The Morgan fingerprint density at radius 3 is 2.75 bits per heavy atom. The third-order valence-corrected chi connectivity index (χ3v) is 3.29. The highest BCUT2D eigenvalue weighted by Gasteiger charge is 2.53. The van der Waals surface area contributed by atoms with E-state index >= 15 is 0 Å². The molecular formula is C11H17NO4. The molecule has 5 heteroatoms. The van der Waals surface area contributed by atoms with Gasteiger partial charge >= 0.3 is 5.97 Å². The Labute approximate surface area is 95.0 Å². The van der Waals surface area contributed by atoms with E-state index in [-0.39, 0.29) is 5.92 Å². The van der Waals surface area contributed by atoms with Crippen LogP contribution in [-0.4, -0.2) is 37.5 Å². The van der Waals surface area contributed by atoms with E-state index < -0.39 is 17.5 Å². The summed E-state index contributed by atoms with van der Waals surface area (Å²) < 4.78 is 9.53. The molecule has 0 heterocycles. The van der Waals surface area contributed by atoms with E-state index in [4.69, 9.17) is 10.00 Å². The van der Waals surface area contributed by atoms with E-state index in [2.05, 4.69) is 4.74 Å². The van der Waals surface area contributed by atoms with Gasteiger partial charge in [-0.3, -0.25) is 4.79 Å². The fraction of sp³-hybridized carbons (Fsp3) is 0.818. The van der Waals surface area contributed by atoms with Crippen molar-refractivity contribution in [3.8, 4) is 6.07 Å². The Balaban J connectivity index is 2.78. The second-order valence-electron chi connectivity index (χ2n) is 4.07. The summed E-state index contributed by atoms with van der Waals surface area (Å²) >= 11 is 0. The third-order valence-electron chi connectivity index (χ3n) is 3.29. The Morgan fingerprint density at radius 1 is 1.56 bits per heavy atom. The van der Waals surface area contributed by atoms with Gasteiger partial charge in [-0.1, -0.05) is 0 Å². The first-order valence-corrected chi connectivity index (χ1v) is 5.30. The van der Waals surface area contributed by atoms with Gasteiger partial charge in [-0.15, -0.1) is 0 Å². The molecule has 0 radical (unpaired) electrons. The van der Waals surface area contributed by atoms with Crippen LogP contribution in [0.3, 0.4) is 0 Å². The normalized spacial score (nSPS) is 33.4. The number of ether oxygens (including phenoxy) is 2. The molecule has 0 bridgehead atoms. The van der Waals surface area contributed by atoms with Crippen LogP contribution in [0.4, 0.5) is 0 Å². The van der Waals surface area contributed by atoms with Gasteiger partial charge in [-0.2, -0.15) is 5.26 Å². The van der Waals surface area contributed by atoms with Gasteiger partial charge in [0, 0.05) is 19.6 Å². The van der Waals surface area contributed by atoms with Crippen molar-refractivity contribution in [1.82, 2.24) is 0 Å². The highest BCUT2D eigenvalue weighted by atomic mass is 16.5. The van der Waals surface area contributed by atoms with Gasteiger partial charge in [0.1, 0.15) is 0 Å². The molecule has 0 aromatic carbocycles. The van der Waals surface area contributed by atoms with Gasteiger partial charge in [-0.25, -0.2) is 0 Å². The van der Waals surface area contributed by atoms with Crippen LogP contribution in [0.1, 0.15) is 19.3 Å². The van der Waals surface area contributed by atoms with Gasteiger partial charge in [-0.05, 0) is 19.3 Å². The number of rotatable bonds is 4. The zero-order valence-corrected chi connectivity index (χ0v) is 9.60. The van der Waals surface area contributed by atoms with Crippen molar-refractivity contribution in [1.29, 1.82) is 5.26 Å². The maximum atomic E-state index is 11.4. The largest absolute Gasteiger partial charge is 0.469 e. The fourth-order valence-electron chi connectivity index (χ4n) is 2.33. The van der Waals surface area contributed by atoms with E-state index in [1.807, 2.05) is 6.07 Å². The molecule has 0 aromatic heterocycles. The van der Waals surface area contributed by atoms with Crippen LogP contribution in [0.5, 0.6) is 0 Å². The van der Waals surface area contributed by atoms with Crippen LogP contribution < -0.4 is 0 Å². The summed E-state index contributed by atoms with van der Waals surface area (Å²) in [5.74, 6) is -1.46. The molecule has 1 rings (SSSR count). The lowest BCUT2D eigenvalue weighted by Gasteiger charge is -2.26. The van der Waals surface area contributed by atoms with Gasteiger partial charge in [0.25, 0.3) is 0 Å². The van der Waals surface area contributed by atoms with Crippen molar-refractivity contribution in [2.24, 2.45) is 11.8 Å². The average molecular weight is 227 g/mol. The Bertz CT molecular complexity index is 299. The highest BCUT2D eigenvalue weighted by Crippen LogP contribution is 2.42. The van der Waals surface area contributed by atoms with Crippen molar-refractivity contribution >= 4 is 5.97 Å². The van der Waals surface area contributed by atoms with Gasteiger partial charge < -0.3 is 14.6 Å². The summed E-state index contributed by atoms with van der Waals surface area (Å²) in [5.41, 5.74) is -1.61. The molecule has 0 aliphatic heterocycles. The second kappa shape index (κ2) is 5.28. The number of carbonyl (C=O) groups is 1. The quantitative estimate of drug-likeness (QED) is 0.558. The lowest BCUT2D eigenvalue weighted by atomic mass is 9.84. The molecule has 1 aliphatic rings. The van der Waals surface area contributed by atoms with E-state index in [9.17, 15) is 9.90 Å². The Hall–Kier alpha value is -1.12. The molecule has 3 atom stereocenters. The molecular weight excluding hydrogens is 210 g/mol. The maximum Gasteiger partial charge on any atom is 0.312 e. The summed E-state index contributed by atoms with van der Waals surface area (Å²) in [6.07, 6.45) is 1.71. The Morgan fingerprint density at radius 2 is 2.25 bits per heavy atom. The summed E-state index contributed by atoms with van der Waals surface area (Å²) in [5, 5.41) is 19.3. The number of aliphatic hydroxyl groups is 1. The molecule has 1 fully saturated rings. The lowest BCUT2D eigenvalue weighted by molar-refractivity contribution is -0.152. The molecule has 0 saturated heterocycles.